The molecule has 2 atom stereocenters. The Hall–Kier alpha value is -1.02. The van der Waals surface area contributed by atoms with Gasteiger partial charge in [0.05, 0.1) is 0 Å². The second-order valence-electron chi connectivity index (χ2n) is 5.83. The van der Waals surface area contributed by atoms with Gasteiger partial charge in [0.15, 0.2) is 5.72 Å². The Kier molecular flexibility index (Phi) is 2.04. The van der Waals surface area contributed by atoms with E-state index in [9.17, 15) is 0 Å². The molecular formula is C15H19NO. The van der Waals surface area contributed by atoms with Gasteiger partial charge in [-0.15, -0.1) is 0 Å². The van der Waals surface area contributed by atoms with Crippen LogP contribution in [0.4, 0.5) is 0 Å². The molecule has 2 heteroatoms. The highest BCUT2D eigenvalue weighted by Crippen LogP contribution is 2.47. The van der Waals surface area contributed by atoms with Crippen molar-refractivity contribution in [3.63, 3.8) is 0 Å². The Morgan fingerprint density at radius 3 is 3.18 bits per heavy atom. The molecule has 1 saturated carbocycles. The molecule has 2 aliphatic heterocycles. The molecule has 1 aromatic rings. The summed E-state index contributed by atoms with van der Waals surface area (Å²) in [5.74, 6) is 2.04. The molecule has 0 amide bonds. The number of hydrogen-bond donors (Lipinski definition) is 0. The molecule has 17 heavy (non-hydrogen) atoms. The van der Waals surface area contributed by atoms with Crippen LogP contribution < -0.4 is 4.74 Å². The second kappa shape index (κ2) is 3.49. The Bertz CT molecular complexity index is 444. The largest absolute Gasteiger partial charge is 0.472 e. The van der Waals surface area contributed by atoms with Gasteiger partial charge in [0.1, 0.15) is 5.75 Å². The van der Waals surface area contributed by atoms with E-state index in [-0.39, 0.29) is 5.72 Å². The average Bonchev–Trinajstić information content (AvgIpc) is 2.36. The van der Waals surface area contributed by atoms with Crippen molar-refractivity contribution in [2.24, 2.45) is 5.92 Å². The minimum atomic E-state index is 0.0511. The minimum absolute atomic E-state index is 0.0511. The van der Waals surface area contributed by atoms with Crippen molar-refractivity contribution in [2.45, 2.75) is 44.4 Å². The zero-order valence-electron chi connectivity index (χ0n) is 10.2. The maximum Gasteiger partial charge on any atom is 0.164 e. The van der Waals surface area contributed by atoms with Gasteiger partial charge in [-0.05, 0) is 31.2 Å². The van der Waals surface area contributed by atoms with E-state index in [4.69, 9.17) is 4.74 Å². The lowest BCUT2D eigenvalue weighted by Gasteiger charge is -2.54. The fourth-order valence-electron chi connectivity index (χ4n) is 3.92. The van der Waals surface area contributed by atoms with Gasteiger partial charge in [-0.25, -0.2) is 0 Å². The third-order valence-corrected chi connectivity index (χ3v) is 4.80. The van der Waals surface area contributed by atoms with Crippen LogP contribution in [0.3, 0.4) is 0 Å². The number of rotatable bonds is 0. The molecule has 3 aliphatic rings. The highest BCUT2D eigenvalue weighted by molar-refractivity contribution is 5.36. The fraction of sp³-hybridized carbons (Fsp3) is 0.600. The predicted octanol–water partition coefficient (Wildman–Crippen LogP) is 3.17. The quantitative estimate of drug-likeness (QED) is 0.677. The number of para-hydroxylation sites is 1. The highest BCUT2D eigenvalue weighted by atomic mass is 16.5. The summed E-state index contributed by atoms with van der Waals surface area (Å²) in [5, 5.41) is 0. The number of hydrogen-bond acceptors (Lipinski definition) is 2. The van der Waals surface area contributed by atoms with Gasteiger partial charge in [0.25, 0.3) is 0 Å². The normalized spacial score (nSPS) is 35.6. The minimum Gasteiger partial charge on any atom is -0.472 e. The van der Waals surface area contributed by atoms with Gasteiger partial charge in [0, 0.05) is 31.5 Å². The van der Waals surface area contributed by atoms with Crippen LogP contribution in [-0.2, 0) is 6.54 Å². The number of fused-ring (bicyclic) bond motifs is 2. The number of piperidine rings is 1. The number of benzene rings is 1. The van der Waals surface area contributed by atoms with Crippen molar-refractivity contribution in [1.29, 1.82) is 0 Å². The summed E-state index contributed by atoms with van der Waals surface area (Å²) in [5.41, 5.74) is 1.41. The summed E-state index contributed by atoms with van der Waals surface area (Å²) in [7, 11) is 0. The van der Waals surface area contributed by atoms with Gasteiger partial charge >= 0.3 is 0 Å². The van der Waals surface area contributed by atoms with Gasteiger partial charge in [-0.1, -0.05) is 18.2 Å². The lowest BCUT2D eigenvalue weighted by Crippen LogP contribution is -2.60. The van der Waals surface area contributed by atoms with Gasteiger partial charge < -0.3 is 4.74 Å². The summed E-state index contributed by atoms with van der Waals surface area (Å²) >= 11 is 0. The molecule has 2 heterocycles. The Morgan fingerprint density at radius 1 is 1.24 bits per heavy atom. The first-order chi connectivity index (χ1) is 8.36. The highest BCUT2D eigenvalue weighted by Gasteiger charge is 2.48. The van der Waals surface area contributed by atoms with Crippen LogP contribution in [0.5, 0.6) is 5.75 Å². The molecule has 1 aliphatic carbocycles. The van der Waals surface area contributed by atoms with Gasteiger partial charge in [-0.3, -0.25) is 4.90 Å². The topological polar surface area (TPSA) is 12.5 Å². The SMILES string of the molecule is c1ccc2c(c1)CN1CCC3CCCC1(C3)O2. The first kappa shape index (κ1) is 9.95. The van der Waals surface area contributed by atoms with Crippen molar-refractivity contribution in [3.05, 3.63) is 29.8 Å². The zero-order chi connectivity index (χ0) is 11.3. The molecular weight excluding hydrogens is 210 g/mol. The zero-order valence-corrected chi connectivity index (χ0v) is 10.2. The van der Waals surface area contributed by atoms with Crippen LogP contribution in [0, 0.1) is 5.92 Å². The van der Waals surface area contributed by atoms with Crippen molar-refractivity contribution >= 4 is 0 Å². The molecule has 4 rings (SSSR count). The third kappa shape index (κ3) is 1.43. The average molecular weight is 229 g/mol. The Morgan fingerprint density at radius 2 is 2.18 bits per heavy atom. The van der Waals surface area contributed by atoms with Crippen LogP contribution >= 0.6 is 0 Å². The maximum atomic E-state index is 6.42. The monoisotopic (exact) mass is 229 g/mol. The molecule has 2 nitrogen and oxygen atoms in total. The Balaban J connectivity index is 1.75. The smallest absolute Gasteiger partial charge is 0.164 e. The predicted molar refractivity (Wildman–Crippen MR) is 66.8 cm³/mol. The van der Waals surface area contributed by atoms with E-state index in [1.807, 2.05) is 0 Å². The van der Waals surface area contributed by atoms with E-state index in [0.29, 0.717) is 0 Å². The first-order valence-electron chi connectivity index (χ1n) is 6.88. The molecule has 2 fully saturated rings. The van der Waals surface area contributed by atoms with E-state index in [0.717, 1.165) is 18.2 Å². The van der Waals surface area contributed by atoms with Crippen molar-refractivity contribution in [2.75, 3.05) is 6.54 Å². The van der Waals surface area contributed by atoms with Crippen LogP contribution in [0.25, 0.3) is 0 Å². The summed E-state index contributed by atoms with van der Waals surface area (Å²) in [6.07, 6.45) is 6.59. The molecule has 1 spiro atoms. The molecule has 1 saturated heterocycles. The summed E-state index contributed by atoms with van der Waals surface area (Å²) < 4.78 is 6.42. The van der Waals surface area contributed by atoms with Gasteiger partial charge in [0.2, 0.25) is 0 Å². The molecule has 90 valence electrons. The van der Waals surface area contributed by atoms with E-state index >= 15 is 0 Å². The first-order valence-corrected chi connectivity index (χ1v) is 6.88. The summed E-state index contributed by atoms with van der Waals surface area (Å²) in [6, 6.07) is 8.55. The summed E-state index contributed by atoms with van der Waals surface area (Å²) in [4.78, 5) is 2.59. The van der Waals surface area contributed by atoms with Gasteiger partial charge in [-0.2, -0.15) is 0 Å². The number of ether oxygens (including phenoxy) is 1. The van der Waals surface area contributed by atoms with Crippen LogP contribution in [-0.4, -0.2) is 17.2 Å². The molecule has 0 radical (unpaired) electrons. The van der Waals surface area contributed by atoms with Crippen LogP contribution in [0.1, 0.15) is 37.7 Å². The standard InChI is InChI=1S/C15H19NO/c1-2-6-14-13(5-1)11-16-9-7-12-4-3-8-15(16,10-12)17-14/h1-2,5-6,12H,3-4,7-11H2. The molecule has 2 bridgehead atoms. The van der Waals surface area contributed by atoms with Crippen molar-refractivity contribution in [3.8, 4) is 5.75 Å². The lowest BCUT2D eigenvalue weighted by atomic mass is 9.76. The van der Waals surface area contributed by atoms with E-state index < -0.39 is 0 Å². The Labute approximate surface area is 103 Å². The molecule has 0 N–H and O–H groups in total. The molecule has 2 unspecified atom stereocenters. The number of nitrogens with zero attached hydrogens (tertiary/aromatic N) is 1. The lowest BCUT2D eigenvalue weighted by molar-refractivity contribution is -0.164. The maximum absolute atomic E-state index is 6.42. The van der Waals surface area contributed by atoms with E-state index in [1.165, 1.54) is 44.2 Å². The molecule has 0 aromatic heterocycles. The van der Waals surface area contributed by atoms with Crippen LogP contribution in [0.15, 0.2) is 24.3 Å². The van der Waals surface area contributed by atoms with E-state index in [1.54, 1.807) is 0 Å². The third-order valence-electron chi connectivity index (χ3n) is 4.80. The molecule has 1 aromatic carbocycles. The van der Waals surface area contributed by atoms with Crippen LogP contribution in [0.2, 0.25) is 0 Å². The van der Waals surface area contributed by atoms with Crippen molar-refractivity contribution < 1.29 is 4.74 Å². The summed E-state index contributed by atoms with van der Waals surface area (Å²) in [6.45, 7) is 2.31. The van der Waals surface area contributed by atoms with E-state index in [2.05, 4.69) is 29.2 Å². The van der Waals surface area contributed by atoms with Crippen molar-refractivity contribution in [1.82, 2.24) is 4.90 Å². The second-order valence-corrected chi connectivity index (χ2v) is 5.83. The fourth-order valence-corrected chi connectivity index (χ4v) is 3.92.